The summed E-state index contributed by atoms with van der Waals surface area (Å²) >= 11 is 1.43. The zero-order chi connectivity index (χ0) is 19.3. The highest BCUT2D eigenvalue weighted by Crippen LogP contribution is 2.31. The molecule has 0 radical (unpaired) electrons. The van der Waals surface area contributed by atoms with Gasteiger partial charge in [-0.25, -0.2) is 9.97 Å². The molecule has 1 saturated heterocycles. The van der Waals surface area contributed by atoms with Gasteiger partial charge < -0.3 is 14.4 Å². The van der Waals surface area contributed by atoms with Gasteiger partial charge in [0.2, 0.25) is 5.88 Å². The number of ether oxygens (including phenoxy) is 2. The topological polar surface area (TPSA) is 77.4 Å². The average Bonchev–Trinajstić information content (AvgIpc) is 3.29. The van der Waals surface area contributed by atoms with Crippen molar-refractivity contribution in [3.63, 3.8) is 0 Å². The Kier molecular flexibility index (Phi) is 5.48. The van der Waals surface area contributed by atoms with Gasteiger partial charge in [0.25, 0.3) is 5.91 Å². The Balaban J connectivity index is 1.50. The van der Waals surface area contributed by atoms with Crippen LogP contribution in [-0.4, -0.2) is 46.0 Å². The van der Waals surface area contributed by atoms with Crippen molar-refractivity contribution in [2.75, 3.05) is 20.2 Å². The molecule has 1 fully saturated rings. The van der Waals surface area contributed by atoms with Gasteiger partial charge in [0.1, 0.15) is 5.69 Å². The van der Waals surface area contributed by atoms with E-state index >= 15 is 0 Å². The third kappa shape index (κ3) is 3.96. The molecular weight excluding hydrogens is 376 g/mol. The van der Waals surface area contributed by atoms with E-state index < -0.39 is 0 Å². The molecule has 8 heteroatoms. The molecule has 1 atom stereocenters. The second-order valence-corrected chi connectivity index (χ2v) is 7.22. The highest BCUT2D eigenvalue weighted by atomic mass is 32.1. The Bertz CT molecular complexity index is 948. The van der Waals surface area contributed by atoms with Gasteiger partial charge in [-0.05, 0) is 25.0 Å². The molecule has 0 aliphatic carbocycles. The van der Waals surface area contributed by atoms with Crippen LogP contribution in [0.3, 0.4) is 0 Å². The van der Waals surface area contributed by atoms with Crippen LogP contribution in [0.25, 0.3) is 0 Å². The summed E-state index contributed by atoms with van der Waals surface area (Å²) in [5.74, 6) is 1.71. The summed E-state index contributed by atoms with van der Waals surface area (Å²) in [7, 11) is 1.60. The lowest BCUT2D eigenvalue weighted by molar-refractivity contribution is 0.0700. The lowest BCUT2D eigenvalue weighted by Gasteiger charge is -2.32. The van der Waals surface area contributed by atoms with E-state index in [-0.39, 0.29) is 11.8 Å². The number of carbonyl (C=O) groups excluding carboxylic acids is 1. The second-order valence-electron chi connectivity index (χ2n) is 6.50. The molecule has 1 aromatic carbocycles. The number of piperidine rings is 1. The third-order valence-electron chi connectivity index (χ3n) is 4.69. The molecular formula is C20H20N4O3S. The smallest absolute Gasteiger partial charge is 0.273 e. The van der Waals surface area contributed by atoms with Gasteiger partial charge in [0.15, 0.2) is 11.5 Å². The third-order valence-corrected chi connectivity index (χ3v) is 5.28. The van der Waals surface area contributed by atoms with Crippen LogP contribution in [0.2, 0.25) is 0 Å². The number of aromatic nitrogens is 3. The number of rotatable bonds is 5. The van der Waals surface area contributed by atoms with Crippen LogP contribution in [0.15, 0.2) is 47.5 Å². The van der Waals surface area contributed by atoms with Crippen molar-refractivity contribution >= 4 is 17.2 Å². The molecule has 0 bridgehead atoms. The number of benzene rings is 1. The Morgan fingerprint density at radius 2 is 2.11 bits per heavy atom. The number of para-hydroxylation sites is 2. The zero-order valence-electron chi connectivity index (χ0n) is 15.4. The summed E-state index contributed by atoms with van der Waals surface area (Å²) in [6, 6.07) is 7.40. The highest BCUT2D eigenvalue weighted by molar-refractivity contribution is 7.07. The predicted octanol–water partition coefficient (Wildman–Crippen LogP) is 3.75. The first-order valence-corrected chi connectivity index (χ1v) is 9.99. The SMILES string of the molecule is COc1ccccc1Oc1cncc([C@H]2CCCN(C(=O)c3cscn3)C2)n1. The summed E-state index contributed by atoms with van der Waals surface area (Å²) in [5, 5.41) is 1.79. The van der Waals surface area contributed by atoms with Crippen molar-refractivity contribution in [3.8, 4) is 17.4 Å². The van der Waals surface area contributed by atoms with Crippen LogP contribution >= 0.6 is 11.3 Å². The standard InChI is InChI=1S/C20H20N4O3S/c1-26-17-6-2-3-7-18(17)27-19-10-21-9-15(23-19)14-5-4-8-24(11-14)20(25)16-12-28-13-22-16/h2-3,6-7,9-10,12-14H,4-5,8,11H2,1H3/t14-/m0/s1. The average molecular weight is 396 g/mol. The number of hydrogen-bond acceptors (Lipinski definition) is 7. The quantitative estimate of drug-likeness (QED) is 0.654. The van der Waals surface area contributed by atoms with Crippen LogP contribution in [0.1, 0.15) is 34.9 Å². The fraction of sp³-hybridized carbons (Fsp3) is 0.300. The highest BCUT2D eigenvalue weighted by Gasteiger charge is 2.27. The van der Waals surface area contributed by atoms with Crippen LogP contribution in [0, 0.1) is 0 Å². The monoisotopic (exact) mass is 396 g/mol. The molecule has 144 valence electrons. The number of amides is 1. The van der Waals surface area contributed by atoms with E-state index in [0.29, 0.717) is 29.6 Å². The summed E-state index contributed by atoms with van der Waals surface area (Å²) in [5.41, 5.74) is 3.01. The van der Waals surface area contributed by atoms with E-state index in [0.717, 1.165) is 25.1 Å². The largest absolute Gasteiger partial charge is 0.493 e. The maximum atomic E-state index is 12.6. The summed E-state index contributed by atoms with van der Waals surface area (Å²) in [6.07, 6.45) is 5.20. The number of methoxy groups -OCH3 is 1. The summed E-state index contributed by atoms with van der Waals surface area (Å²) in [4.78, 5) is 27.5. The summed E-state index contributed by atoms with van der Waals surface area (Å²) < 4.78 is 11.2. The Labute approximate surface area is 167 Å². The van der Waals surface area contributed by atoms with E-state index in [4.69, 9.17) is 9.47 Å². The van der Waals surface area contributed by atoms with Gasteiger partial charge in [-0.2, -0.15) is 0 Å². The first kappa shape index (κ1) is 18.4. The molecule has 0 spiro atoms. The lowest BCUT2D eigenvalue weighted by Crippen LogP contribution is -2.39. The molecule has 3 heterocycles. The van der Waals surface area contributed by atoms with E-state index in [1.54, 1.807) is 30.4 Å². The van der Waals surface area contributed by atoms with E-state index in [1.165, 1.54) is 11.3 Å². The van der Waals surface area contributed by atoms with Gasteiger partial charge in [0, 0.05) is 30.6 Å². The minimum absolute atomic E-state index is 0.0275. The minimum Gasteiger partial charge on any atom is -0.493 e. The first-order chi connectivity index (χ1) is 13.7. The number of hydrogen-bond donors (Lipinski definition) is 0. The molecule has 0 saturated carbocycles. The second kappa shape index (κ2) is 8.35. The molecule has 1 aliphatic rings. The summed E-state index contributed by atoms with van der Waals surface area (Å²) in [6.45, 7) is 1.33. The van der Waals surface area contributed by atoms with Crippen molar-refractivity contribution in [2.24, 2.45) is 0 Å². The molecule has 1 amide bonds. The van der Waals surface area contributed by atoms with Crippen molar-refractivity contribution in [2.45, 2.75) is 18.8 Å². The predicted molar refractivity (Wildman–Crippen MR) is 105 cm³/mol. The normalized spacial score (nSPS) is 16.6. The molecule has 3 aromatic rings. The number of carbonyl (C=O) groups is 1. The van der Waals surface area contributed by atoms with Crippen molar-refractivity contribution in [3.05, 3.63) is 58.9 Å². The van der Waals surface area contributed by atoms with E-state index in [2.05, 4.69) is 15.0 Å². The first-order valence-electron chi connectivity index (χ1n) is 9.05. The molecule has 1 aliphatic heterocycles. The minimum atomic E-state index is -0.0275. The maximum Gasteiger partial charge on any atom is 0.273 e. The molecule has 28 heavy (non-hydrogen) atoms. The van der Waals surface area contributed by atoms with E-state index in [9.17, 15) is 4.79 Å². The fourth-order valence-electron chi connectivity index (χ4n) is 3.31. The Morgan fingerprint density at radius 3 is 2.89 bits per heavy atom. The van der Waals surface area contributed by atoms with Gasteiger partial charge in [-0.3, -0.25) is 9.78 Å². The van der Waals surface area contributed by atoms with Crippen molar-refractivity contribution < 1.29 is 14.3 Å². The van der Waals surface area contributed by atoms with Gasteiger partial charge in [-0.15, -0.1) is 11.3 Å². The van der Waals surface area contributed by atoms with Gasteiger partial charge >= 0.3 is 0 Å². The van der Waals surface area contributed by atoms with Crippen LogP contribution < -0.4 is 9.47 Å². The van der Waals surface area contributed by atoms with Crippen LogP contribution in [0.4, 0.5) is 0 Å². The molecule has 7 nitrogen and oxygen atoms in total. The Hall–Kier alpha value is -3.00. The van der Waals surface area contributed by atoms with Crippen molar-refractivity contribution in [1.82, 2.24) is 19.9 Å². The van der Waals surface area contributed by atoms with Crippen LogP contribution in [-0.2, 0) is 0 Å². The molecule has 0 unspecified atom stereocenters. The number of thiazole rings is 1. The molecule has 2 aromatic heterocycles. The number of likely N-dealkylation sites (tertiary alicyclic amines) is 1. The maximum absolute atomic E-state index is 12.6. The van der Waals surface area contributed by atoms with Crippen molar-refractivity contribution in [1.29, 1.82) is 0 Å². The Morgan fingerprint density at radius 1 is 1.25 bits per heavy atom. The molecule has 0 N–H and O–H groups in total. The lowest BCUT2D eigenvalue weighted by atomic mass is 9.95. The van der Waals surface area contributed by atoms with E-state index in [1.807, 2.05) is 29.2 Å². The molecule has 4 rings (SSSR count). The van der Waals surface area contributed by atoms with Gasteiger partial charge in [-0.1, -0.05) is 12.1 Å². The number of nitrogens with zero attached hydrogens (tertiary/aromatic N) is 4. The van der Waals surface area contributed by atoms with Crippen LogP contribution in [0.5, 0.6) is 17.4 Å². The van der Waals surface area contributed by atoms with Gasteiger partial charge in [0.05, 0.1) is 24.5 Å². The zero-order valence-corrected chi connectivity index (χ0v) is 16.3. The fourth-order valence-corrected chi connectivity index (χ4v) is 3.83.